The molecule has 0 fully saturated rings. The van der Waals surface area contributed by atoms with E-state index in [4.69, 9.17) is 0 Å². The molecule has 2 aromatic rings. The van der Waals surface area contributed by atoms with Gasteiger partial charge in [0, 0.05) is 13.6 Å². The highest BCUT2D eigenvalue weighted by molar-refractivity contribution is 7.99. The zero-order valence-electron chi connectivity index (χ0n) is 10.1. The molecule has 96 valence electrons. The molecule has 0 atom stereocenters. The molecule has 0 aliphatic heterocycles. The van der Waals surface area contributed by atoms with Gasteiger partial charge >= 0.3 is 0 Å². The summed E-state index contributed by atoms with van der Waals surface area (Å²) in [7, 11) is 1.79. The third-order valence-corrected chi connectivity index (χ3v) is 3.13. The van der Waals surface area contributed by atoms with Gasteiger partial charge in [-0.3, -0.25) is 0 Å². The summed E-state index contributed by atoms with van der Waals surface area (Å²) in [5.41, 5.74) is 0. The summed E-state index contributed by atoms with van der Waals surface area (Å²) >= 11 is 1.12. The molecule has 0 aliphatic rings. The third-order valence-electron chi connectivity index (χ3n) is 2.10. The molecular weight excluding hydrogens is 255 g/mol. The number of halogens is 1. The topological polar surface area (TPSA) is 68.5 Å². The maximum atomic E-state index is 13.6. The van der Waals surface area contributed by atoms with Crippen molar-refractivity contribution in [2.75, 3.05) is 11.9 Å². The van der Waals surface area contributed by atoms with E-state index in [0.29, 0.717) is 11.1 Å². The van der Waals surface area contributed by atoms with Gasteiger partial charge in [-0.25, -0.2) is 14.4 Å². The van der Waals surface area contributed by atoms with Gasteiger partial charge in [-0.15, -0.1) is 10.2 Å². The van der Waals surface area contributed by atoms with Crippen LogP contribution < -0.4 is 5.32 Å². The molecule has 0 unspecified atom stereocenters. The fourth-order valence-electron chi connectivity index (χ4n) is 1.20. The minimum absolute atomic E-state index is 0.236. The van der Waals surface area contributed by atoms with E-state index in [0.717, 1.165) is 30.9 Å². The summed E-state index contributed by atoms with van der Waals surface area (Å²) in [5, 5.41) is 11.4. The lowest BCUT2D eigenvalue weighted by atomic mass is 10.5. The molecule has 1 N–H and O–H groups in total. The predicted octanol–water partition coefficient (Wildman–Crippen LogP) is 1.72. The van der Waals surface area contributed by atoms with Crippen molar-refractivity contribution in [3.63, 3.8) is 0 Å². The predicted molar refractivity (Wildman–Crippen MR) is 65.9 cm³/mol. The Morgan fingerprint density at radius 1 is 1.50 bits per heavy atom. The number of nitrogens with zero attached hydrogens (tertiary/aromatic N) is 5. The quantitative estimate of drug-likeness (QED) is 0.833. The van der Waals surface area contributed by atoms with E-state index in [1.54, 1.807) is 17.9 Å². The highest BCUT2D eigenvalue weighted by atomic mass is 32.2. The van der Waals surface area contributed by atoms with Gasteiger partial charge in [0.2, 0.25) is 5.95 Å². The van der Waals surface area contributed by atoms with Gasteiger partial charge in [0.15, 0.2) is 11.0 Å². The van der Waals surface area contributed by atoms with Gasteiger partial charge in [-0.2, -0.15) is 0 Å². The van der Waals surface area contributed by atoms with E-state index in [-0.39, 0.29) is 5.03 Å². The molecule has 18 heavy (non-hydrogen) atoms. The van der Waals surface area contributed by atoms with Gasteiger partial charge in [-0.1, -0.05) is 6.92 Å². The van der Waals surface area contributed by atoms with Crippen LogP contribution >= 0.6 is 11.8 Å². The SMILES string of the molecule is CCCNc1ncc(F)c(Sc2nncn2C)n1. The molecular formula is C10H13FN6S. The summed E-state index contributed by atoms with van der Waals surface area (Å²) in [4.78, 5) is 7.99. The Labute approximate surface area is 108 Å². The second kappa shape index (κ2) is 5.76. The number of anilines is 1. The smallest absolute Gasteiger partial charge is 0.223 e. The summed E-state index contributed by atoms with van der Waals surface area (Å²) in [6, 6.07) is 0. The maximum Gasteiger partial charge on any atom is 0.223 e. The van der Waals surface area contributed by atoms with Crippen molar-refractivity contribution in [1.82, 2.24) is 24.7 Å². The lowest BCUT2D eigenvalue weighted by molar-refractivity contribution is 0.579. The molecule has 2 heterocycles. The van der Waals surface area contributed by atoms with Crippen LogP contribution in [0.25, 0.3) is 0 Å². The van der Waals surface area contributed by atoms with E-state index in [9.17, 15) is 4.39 Å². The average molecular weight is 268 g/mol. The first-order chi connectivity index (χ1) is 8.70. The number of hydrogen-bond donors (Lipinski definition) is 1. The van der Waals surface area contributed by atoms with Crippen LogP contribution in [-0.4, -0.2) is 31.3 Å². The van der Waals surface area contributed by atoms with Crippen molar-refractivity contribution >= 4 is 17.7 Å². The molecule has 2 rings (SSSR count). The van der Waals surface area contributed by atoms with Crippen molar-refractivity contribution in [2.24, 2.45) is 7.05 Å². The third kappa shape index (κ3) is 2.95. The molecule has 6 nitrogen and oxygen atoms in total. The van der Waals surface area contributed by atoms with Crippen LogP contribution in [0.3, 0.4) is 0 Å². The van der Waals surface area contributed by atoms with Crippen LogP contribution in [0.5, 0.6) is 0 Å². The van der Waals surface area contributed by atoms with E-state index in [1.807, 2.05) is 6.92 Å². The van der Waals surface area contributed by atoms with E-state index >= 15 is 0 Å². The first kappa shape index (κ1) is 12.7. The molecule has 0 saturated heterocycles. The summed E-state index contributed by atoms with van der Waals surface area (Å²) in [6.45, 7) is 2.78. The Balaban J connectivity index is 2.18. The number of nitrogens with one attached hydrogen (secondary N) is 1. The van der Waals surface area contributed by atoms with Gasteiger partial charge in [-0.05, 0) is 18.2 Å². The average Bonchev–Trinajstić information content (AvgIpc) is 2.76. The first-order valence-electron chi connectivity index (χ1n) is 5.49. The van der Waals surface area contributed by atoms with E-state index in [2.05, 4.69) is 25.5 Å². The normalized spacial score (nSPS) is 10.6. The summed E-state index contributed by atoms with van der Waals surface area (Å²) < 4.78 is 15.3. The number of rotatable bonds is 5. The molecule has 0 aliphatic carbocycles. The van der Waals surface area contributed by atoms with E-state index < -0.39 is 5.82 Å². The molecule has 0 spiro atoms. The fourth-order valence-corrected chi connectivity index (χ4v) is 1.93. The van der Waals surface area contributed by atoms with Crippen LogP contribution in [0.2, 0.25) is 0 Å². The van der Waals surface area contributed by atoms with Crippen molar-refractivity contribution in [3.8, 4) is 0 Å². The highest BCUT2D eigenvalue weighted by Gasteiger charge is 2.11. The minimum Gasteiger partial charge on any atom is -0.354 e. The molecule has 0 bridgehead atoms. The van der Waals surface area contributed by atoms with Crippen LogP contribution in [0.4, 0.5) is 10.3 Å². The first-order valence-corrected chi connectivity index (χ1v) is 6.30. The summed E-state index contributed by atoms with van der Waals surface area (Å²) in [6.07, 6.45) is 3.66. The Hall–Kier alpha value is -1.70. The van der Waals surface area contributed by atoms with Gasteiger partial charge in [0.1, 0.15) is 11.4 Å². The number of aryl methyl sites for hydroxylation is 1. The lowest BCUT2D eigenvalue weighted by Crippen LogP contribution is -2.05. The van der Waals surface area contributed by atoms with Crippen molar-refractivity contribution in [2.45, 2.75) is 23.5 Å². The number of aromatic nitrogens is 5. The fraction of sp³-hybridized carbons (Fsp3) is 0.400. The second-order valence-electron chi connectivity index (χ2n) is 3.60. The van der Waals surface area contributed by atoms with Crippen molar-refractivity contribution in [1.29, 1.82) is 0 Å². The van der Waals surface area contributed by atoms with E-state index in [1.165, 1.54) is 0 Å². The zero-order valence-corrected chi connectivity index (χ0v) is 10.9. The number of hydrogen-bond acceptors (Lipinski definition) is 6. The molecule has 8 heteroatoms. The van der Waals surface area contributed by atoms with Crippen LogP contribution in [0.1, 0.15) is 13.3 Å². The molecule has 2 aromatic heterocycles. The van der Waals surface area contributed by atoms with Crippen LogP contribution in [-0.2, 0) is 7.05 Å². The van der Waals surface area contributed by atoms with Crippen molar-refractivity contribution in [3.05, 3.63) is 18.3 Å². The summed E-state index contributed by atoms with van der Waals surface area (Å²) in [5.74, 6) is -0.0482. The van der Waals surface area contributed by atoms with Gasteiger partial charge in [0.25, 0.3) is 0 Å². The highest BCUT2D eigenvalue weighted by Crippen LogP contribution is 2.26. The largest absolute Gasteiger partial charge is 0.354 e. The van der Waals surface area contributed by atoms with Crippen molar-refractivity contribution < 1.29 is 4.39 Å². The Kier molecular flexibility index (Phi) is 4.08. The van der Waals surface area contributed by atoms with Gasteiger partial charge in [0.05, 0.1) is 6.20 Å². The minimum atomic E-state index is -0.468. The Morgan fingerprint density at radius 2 is 2.33 bits per heavy atom. The second-order valence-corrected chi connectivity index (χ2v) is 4.56. The lowest BCUT2D eigenvalue weighted by Gasteiger charge is -2.05. The molecule has 0 amide bonds. The molecule has 0 radical (unpaired) electrons. The Morgan fingerprint density at radius 3 is 3.00 bits per heavy atom. The maximum absolute atomic E-state index is 13.6. The van der Waals surface area contributed by atoms with Crippen LogP contribution in [0.15, 0.2) is 22.7 Å². The standard InChI is InChI=1S/C10H13FN6S/c1-3-4-12-9-13-5-7(11)8(15-9)18-10-16-14-6-17(10)2/h5-6H,3-4H2,1-2H3,(H,12,13,15). The molecule has 0 saturated carbocycles. The monoisotopic (exact) mass is 268 g/mol. The van der Waals surface area contributed by atoms with Crippen LogP contribution in [0, 0.1) is 5.82 Å². The molecule has 0 aromatic carbocycles. The van der Waals surface area contributed by atoms with Gasteiger partial charge < -0.3 is 9.88 Å². The Bertz CT molecular complexity index is 529. The zero-order chi connectivity index (χ0) is 13.0.